The van der Waals surface area contributed by atoms with Crippen molar-refractivity contribution in [2.75, 3.05) is 25.5 Å². The molecule has 0 radical (unpaired) electrons. The molecule has 2 N–H and O–H groups in total. The average molecular weight is 486 g/mol. The minimum absolute atomic E-state index is 0.110. The Labute approximate surface area is 202 Å². The number of nitrogens with one attached hydrogen (secondary N) is 2. The van der Waals surface area contributed by atoms with Gasteiger partial charge in [-0.2, -0.15) is 14.3 Å². The van der Waals surface area contributed by atoms with Crippen molar-refractivity contribution >= 4 is 46.9 Å². The molecule has 2 aliphatic heterocycles. The van der Waals surface area contributed by atoms with Crippen LogP contribution in [0.1, 0.15) is 38.5 Å². The maximum atomic E-state index is 13.2. The molecular weight excluding hydrogens is 456 g/mol. The minimum atomic E-state index is -0.537. The number of nitrogens with zero attached hydrogens (tertiary/aromatic N) is 2. The number of amides is 5. The zero-order valence-electron chi connectivity index (χ0n) is 19.1. The molecule has 5 amide bonds. The van der Waals surface area contributed by atoms with E-state index in [1.165, 1.54) is 16.3 Å². The Kier molecular flexibility index (Phi) is 7.66. The standard InChI is InChI=1S/C24H28N4O5S/c1-33-18-10-8-17(9-11-18)25-20(29)7-4-13-27-23(31)22-19(12-14-34-22)28(24(27)32)15-21(30)26-16-5-2-3-6-16/h8-12,14,16,22H,2-7,13,15H2,1H3,(H-,25,26,29,30)/p+1. The Morgan fingerprint density at radius 1 is 1.15 bits per heavy atom. The molecule has 180 valence electrons. The highest BCUT2D eigenvalue weighted by molar-refractivity contribution is 8.04. The second-order valence-electron chi connectivity index (χ2n) is 8.53. The summed E-state index contributed by atoms with van der Waals surface area (Å²) < 4.78 is 6.50. The summed E-state index contributed by atoms with van der Waals surface area (Å²) >= 11 is 1.32. The summed E-state index contributed by atoms with van der Waals surface area (Å²) in [7, 11) is 1.57. The van der Waals surface area contributed by atoms with E-state index in [1.807, 2.05) is 0 Å². The van der Waals surface area contributed by atoms with E-state index in [0.717, 1.165) is 30.6 Å². The van der Waals surface area contributed by atoms with Crippen molar-refractivity contribution in [3.05, 3.63) is 35.7 Å². The average Bonchev–Trinajstić information content (AvgIpc) is 3.52. The summed E-state index contributed by atoms with van der Waals surface area (Å²) in [6.07, 6.45) is 6.31. The van der Waals surface area contributed by atoms with Crippen LogP contribution in [-0.2, 0) is 14.4 Å². The van der Waals surface area contributed by atoms with E-state index in [9.17, 15) is 19.2 Å². The highest BCUT2D eigenvalue weighted by Gasteiger charge is 2.49. The number of allylic oxidation sites excluding steroid dienone is 1. The fourth-order valence-corrected chi connectivity index (χ4v) is 5.36. The number of ether oxygens (including phenoxy) is 1. The van der Waals surface area contributed by atoms with Gasteiger partial charge in [-0.1, -0.05) is 12.8 Å². The minimum Gasteiger partial charge on any atom is -0.497 e. The smallest absolute Gasteiger partial charge is 0.497 e. The molecule has 1 unspecified atom stereocenters. The van der Waals surface area contributed by atoms with Gasteiger partial charge in [0.05, 0.1) is 13.7 Å². The van der Waals surface area contributed by atoms with E-state index < -0.39 is 11.3 Å². The van der Waals surface area contributed by atoms with Crippen molar-refractivity contribution in [2.24, 2.45) is 0 Å². The number of rotatable bonds is 9. The summed E-state index contributed by atoms with van der Waals surface area (Å²) in [6.45, 7) is -0.00736. The topological polar surface area (TPSA) is 108 Å². The van der Waals surface area contributed by atoms with Gasteiger partial charge < -0.3 is 15.4 Å². The lowest BCUT2D eigenvalue weighted by Gasteiger charge is -2.24. The molecule has 34 heavy (non-hydrogen) atoms. The Morgan fingerprint density at radius 2 is 1.88 bits per heavy atom. The van der Waals surface area contributed by atoms with Gasteiger partial charge in [0.1, 0.15) is 11.5 Å². The highest BCUT2D eigenvalue weighted by Crippen LogP contribution is 2.28. The predicted octanol–water partition coefficient (Wildman–Crippen LogP) is 2.52. The summed E-state index contributed by atoms with van der Waals surface area (Å²) in [4.78, 5) is 52.2. The van der Waals surface area contributed by atoms with Crippen LogP contribution in [0, 0.1) is 0 Å². The molecule has 10 heteroatoms. The van der Waals surface area contributed by atoms with E-state index >= 15 is 0 Å². The number of imide groups is 1. The fourth-order valence-electron chi connectivity index (χ4n) is 4.40. The first-order valence-electron chi connectivity index (χ1n) is 11.5. The largest absolute Gasteiger partial charge is 0.501 e. The lowest BCUT2D eigenvalue weighted by molar-refractivity contribution is -0.426. The molecule has 0 saturated heterocycles. The normalized spacial score (nSPS) is 20.0. The van der Waals surface area contributed by atoms with Crippen LogP contribution in [0.3, 0.4) is 0 Å². The van der Waals surface area contributed by atoms with Crippen LogP contribution < -0.4 is 15.4 Å². The zero-order valence-corrected chi connectivity index (χ0v) is 19.9. The maximum absolute atomic E-state index is 13.2. The Hall–Kier alpha value is -3.14. The number of anilines is 1. The number of urea groups is 1. The number of thioether (sulfide) groups is 1. The molecule has 1 aromatic rings. The van der Waals surface area contributed by atoms with E-state index in [2.05, 4.69) is 10.6 Å². The molecule has 3 aliphatic rings. The van der Waals surface area contributed by atoms with Crippen LogP contribution in [-0.4, -0.2) is 70.4 Å². The van der Waals surface area contributed by atoms with Gasteiger partial charge >= 0.3 is 11.9 Å². The molecule has 0 spiro atoms. The predicted molar refractivity (Wildman–Crippen MR) is 129 cm³/mol. The summed E-state index contributed by atoms with van der Waals surface area (Å²) in [5.41, 5.74) is 1.19. The molecule has 2 heterocycles. The lowest BCUT2D eigenvalue weighted by Crippen LogP contribution is -2.57. The molecule has 0 aromatic heterocycles. The van der Waals surface area contributed by atoms with Crippen molar-refractivity contribution in [3.8, 4) is 5.75 Å². The molecule has 1 fully saturated rings. The van der Waals surface area contributed by atoms with Crippen molar-refractivity contribution in [1.82, 2.24) is 10.2 Å². The second kappa shape index (κ2) is 10.9. The molecule has 0 bridgehead atoms. The van der Waals surface area contributed by atoms with E-state index in [-0.39, 0.29) is 43.3 Å². The van der Waals surface area contributed by atoms with E-state index in [4.69, 9.17) is 4.74 Å². The number of hydrogen-bond acceptors (Lipinski definition) is 6. The molecule has 1 atom stereocenters. The van der Waals surface area contributed by atoms with Gasteiger partial charge in [0.15, 0.2) is 11.8 Å². The summed E-state index contributed by atoms with van der Waals surface area (Å²) in [6, 6.07) is 6.62. The number of fused-ring (bicyclic) bond motifs is 1. The van der Waals surface area contributed by atoms with Gasteiger partial charge in [0.25, 0.3) is 5.91 Å². The van der Waals surface area contributed by atoms with Gasteiger partial charge in [-0.05, 0) is 55.0 Å². The van der Waals surface area contributed by atoms with Gasteiger partial charge in [-0.3, -0.25) is 9.59 Å². The molecule has 4 rings (SSSR count). The number of carbonyl (C=O) groups excluding carboxylic acids is 4. The lowest BCUT2D eigenvalue weighted by atomic mass is 10.1. The van der Waals surface area contributed by atoms with Crippen LogP contribution in [0.5, 0.6) is 5.75 Å². The summed E-state index contributed by atoms with van der Waals surface area (Å²) in [5, 5.41) is 7.03. The third kappa shape index (κ3) is 5.49. The van der Waals surface area contributed by atoms with Crippen molar-refractivity contribution in [2.45, 2.75) is 49.8 Å². The monoisotopic (exact) mass is 485 g/mol. The first-order chi connectivity index (χ1) is 16.5. The quantitative estimate of drug-likeness (QED) is 0.521. The van der Waals surface area contributed by atoms with Crippen molar-refractivity contribution in [3.63, 3.8) is 0 Å². The SMILES string of the molecule is COc1ccc(NC(=O)CCCN2C(=O)C3SC=CC3=[N+](CC(=O)NC3CCCC3)C2=O)cc1. The highest BCUT2D eigenvalue weighted by atomic mass is 32.2. The van der Waals surface area contributed by atoms with Crippen LogP contribution in [0.25, 0.3) is 0 Å². The Balaban J connectivity index is 1.34. The number of benzene rings is 1. The van der Waals surface area contributed by atoms with Gasteiger partial charge in [-0.15, -0.1) is 11.8 Å². The first-order valence-corrected chi connectivity index (χ1v) is 12.5. The van der Waals surface area contributed by atoms with Crippen LogP contribution >= 0.6 is 11.8 Å². The second-order valence-corrected chi connectivity index (χ2v) is 9.55. The van der Waals surface area contributed by atoms with E-state index in [0.29, 0.717) is 23.6 Å². The van der Waals surface area contributed by atoms with Crippen molar-refractivity contribution in [1.29, 1.82) is 0 Å². The zero-order chi connectivity index (χ0) is 24.1. The van der Waals surface area contributed by atoms with Crippen molar-refractivity contribution < 1.29 is 28.5 Å². The first kappa shape index (κ1) is 24.0. The van der Waals surface area contributed by atoms with Crippen LogP contribution in [0.2, 0.25) is 0 Å². The van der Waals surface area contributed by atoms with Gasteiger partial charge in [0, 0.05) is 18.2 Å². The molecular formula is C24H29N4O5S+. The molecule has 9 nitrogen and oxygen atoms in total. The third-order valence-corrected chi connectivity index (χ3v) is 7.18. The number of methoxy groups -OCH3 is 1. The van der Waals surface area contributed by atoms with Gasteiger partial charge in [0.2, 0.25) is 5.91 Å². The number of carbonyl (C=O) groups is 4. The third-order valence-electron chi connectivity index (χ3n) is 6.17. The van der Waals surface area contributed by atoms with E-state index in [1.54, 1.807) is 42.9 Å². The molecule has 1 aliphatic carbocycles. The summed E-state index contributed by atoms with van der Waals surface area (Å²) in [5.74, 6) is -0.0425. The maximum Gasteiger partial charge on any atom is 0.501 e. The molecule has 1 aromatic carbocycles. The fraction of sp³-hybridized carbons (Fsp3) is 0.458. The van der Waals surface area contributed by atoms with Crippen LogP contribution in [0.4, 0.5) is 10.5 Å². The number of hydrogen-bond donors (Lipinski definition) is 2. The van der Waals surface area contributed by atoms with Crippen LogP contribution in [0.15, 0.2) is 35.7 Å². The van der Waals surface area contributed by atoms with Gasteiger partial charge in [-0.25, -0.2) is 4.79 Å². The Bertz CT molecular complexity index is 1030. The molecule has 1 saturated carbocycles. The Morgan fingerprint density at radius 3 is 2.59 bits per heavy atom.